The average molecular weight is 449 g/mol. The summed E-state index contributed by atoms with van der Waals surface area (Å²) in [7, 11) is 0. The molecule has 1 aromatic carbocycles. The van der Waals surface area contributed by atoms with Gasteiger partial charge in [-0.05, 0) is 56.2 Å². The standard InChI is InChI=1S/C25H28N4O2S/c1-4-26-24(31)25(14-19-8-5-6-9-20(19)22-10-7-13-32-22)11-12-29(16-25)23(30)21-15-27-18(3)28-17(21)2/h5-10,13,15H,4,11-12,14,16H2,1-3H3,(H,26,31)/t25-/m0/s1. The van der Waals surface area contributed by atoms with Crippen LogP contribution in [-0.4, -0.2) is 46.3 Å². The largest absolute Gasteiger partial charge is 0.356 e. The highest BCUT2D eigenvalue weighted by Crippen LogP contribution is 2.39. The maximum absolute atomic E-state index is 13.3. The predicted molar refractivity (Wildman–Crippen MR) is 127 cm³/mol. The van der Waals surface area contributed by atoms with Crippen LogP contribution in [0.25, 0.3) is 10.4 Å². The molecule has 1 aliphatic heterocycles. The third-order valence-electron chi connectivity index (χ3n) is 6.12. The number of carbonyl (C=O) groups excluding carboxylic acids is 2. The molecule has 7 heteroatoms. The van der Waals surface area contributed by atoms with Gasteiger partial charge >= 0.3 is 0 Å². The first-order valence-corrected chi connectivity index (χ1v) is 11.8. The van der Waals surface area contributed by atoms with Crippen LogP contribution in [0.3, 0.4) is 0 Å². The van der Waals surface area contributed by atoms with Crippen LogP contribution in [0.2, 0.25) is 0 Å². The Balaban J connectivity index is 1.65. The number of amides is 2. The molecular formula is C25H28N4O2S. The first kappa shape index (κ1) is 22.1. The molecule has 0 aliphatic carbocycles. The van der Waals surface area contributed by atoms with Crippen LogP contribution in [0.15, 0.2) is 48.0 Å². The van der Waals surface area contributed by atoms with E-state index in [1.165, 1.54) is 4.88 Å². The molecule has 1 N–H and O–H groups in total. The summed E-state index contributed by atoms with van der Waals surface area (Å²) in [6, 6.07) is 12.4. The lowest BCUT2D eigenvalue weighted by atomic mass is 9.78. The molecule has 0 spiro atoms. The van der Waals surface area contributed by atoms with Crippen LogP contribution in [0, 0.1) is 19.3 Å². The Kier molecular flexibility index (Phi) is 6.37. The number of thiophene rings is 1. The zero-order valence-corrected chi connectivity index (χ0v) is 19.5. The van der Waals surface area contributed by atoms with Gasteiger partial charge in [0.2, 0.25) is 5.91 Å². The van der Waals surface area contributed by atoms with Gasteiger partial charge in [-0.25, -0.2) is 9.97 Å². The third kappa shape index (κ3) is 4.30. The molecule has 1 atom stereocenters. The minimum atomic E-state index is -0.668. The fraction of sp³-hybridized carbons (Fsp3) is 0.360. The summed E-state index contributed by atoms with van der Waals surface area (Å²) in [6.07, 6.45) is 2.80. The number of nitrogens with zero attached hydrogens (tertiary/aromatic N) is 3. The van der Waals surface area contributed by atoms with Gasteiger partial charge in [-0.3, -0.25) is 9.59 Å². The van der Waals surface area contributed by atoms with Crippen molar-refractivity contribution < 1.29 is 9.59 Å². The summed E-state index contributed by atoms with van der Waals surface area (Å²) < 4.78 is 0. The Morgan fingerprint density at radius 2 is 2.00 bits per heavy atom. The van der Waals surface area contributed by atoms with Crippen molar-refractivity contribution in [3.8, 4) is 10.4 Å². The average Bonchev–Trinajstić information content (AvgIpc) is 3.45. The summed E-state index contributed by atoms with van der Waals surface area (Å²) in [5.41, 5.74) is 2.78. The lowest BCUT2D eigenvalue weighted by Gasteiger charge is -2.29. The van der Waals surface area contributed by atoms with E-state index < -0.39 is 5.41 Å². The molecule has 0 unspecified atom stereocenters. The number of benzene rings is 1. The van der Waals surface area contributed by atoms with E-state index in [-0.39, 0.29) is 11.8 Å². The predicted octanol–water partition coefficient (Wildman–Crippen LogP) is 4.03. The monoisotopic (exact) mass is 448 g/mol. The van der Waals surface area contributed by atoms with Gasteiger partial charge in [0, 0.05) is 30.7 Å². The third-order valence-corrected chi connectivity index (χ3v) is 7.03. The van der Waals surface area contributed by atoms with Crippen LogP contribution in [0.1, 0.15) is 40.8 Å². The fourth-order valence-corrected chi connectivity index (χ4v) is 5.27. The second-order valence-corrected chi connectivity index (χ2v) is 9.29. The van der Waals surface area contributed by atoms with Crippen LogP contribution in [0.5, 0.6) is 0 Å². The first-order chi connectivity index (χ1) is 15.4. The molecule has 0 bridgehead atoms. The van der Waals surface area contributed by atoms with E-state index in [4.69, 9.17) is 0 Å². The quantitative estimate of drug-likeness (QED) is 0.618. The molecule has 166 valence electrons. The maximum Gasteiger partial charge on any atom is 0.257 e. The summed E-state index contributed by atoms with van der Waals surface area (Å²) in [5, 5.41) is 5.09. The molecule has 3 aromatic rings. The number of nitrogens with one attached hydrogen (secondary N) is 1. The number of rotatable bonds is 6. The van der Waals surface area contributed by atoms with Crippen LogP contribution in [-0.2, 0) is 11.2 Å². The number of aryl methyl sites for hydroxylation is 2. The van der Waals surface area contributed by atoms with E-state index in [2.05, 4.69) is 38.9 Å². The van der Waals surface area contributed by atoms with E-state index in [9.17, 15) is 9.59 Å². The highest BCUT2D eigenvalue weighted by Gasteiger charge is 2.46. The lowest BCUT2D eigenvalue weighted by Crippen LogP contribution is -2.45. The van der Waals surface area contributed by atoms with Gasteiger partial charge in [0.05, 0.1) is 16.7 Å². The van der Waals surface area contributed by atoms with Crippen molar-refractivity contribution in [1.82, 2.24) is 20.2 Å². The van der Waals surface area contributed by atoms with Gasteiger partial charge in [0.25, 0.3) is 5.91 Å². The van der Waals surface area contributed by atoms with Crippen molar-refractivity contribution in [2.45, 2.75) is 33.6 Å². The molecule has 1 fully saturated rings. The van der Waals surface area contributed by atoms with E-state index in [0.29, 0.717) is 49.6 Å². The SMILES string of the molecule is CCNC(=O)[C@]1(Cc2ccccc2-c2cccs2)CCN(C(=O)c2cnc(C)nc2C)C1. The smallest absolute Gasteiger partial charge is 0.257 e. The summed E-state index contributed by atoms with van der Waals surface area (Å²) in [5.74, 6) is 0.538. The lowest BCUT2D eigenvalue weighted by molar-refractivity contribution is -0.130. The minimum Gasteiger partial charge on any atom is -0.356 e. The number of hydrogen-bond acceptors (Lipinski definition) is 5. The Morgan fingerprint density at radius 1 is 1.19 bits per heavy atom. The van der Waals surface area contributed by atoms with Crippen LogP contribution >= 0.6 is 11.3 Å². The molecule has 1 saturated heterocycles. The Labute approximate surface area is 192 Å². The topological polar surface area (TPSA) is 75.2 Å². The van der Waals surface area contributed by atoms with Crippen molar-refractivity contribution >= 4 is 23.2 Å². The molecule has 3 heterocycles. The Hall–Kier alpha value is -3.06. The van der Waals surface area contributed by atoms with Gasteiger partial charge in [-0.2, -0.15) is 0 Å². The minimum absolute atomic E-state index is 0.00756. The van der Waals surface area contributed by atoms with Crippen LogP contribution < -0.4 is 5.32 Å². The summed E-state index contributed by atoms with van der Waals surface area (Å²) in [6.45, 7) is 7.03. The normalized spacial score (nSPS) is 18.0. The zero-order chi connectivity index (χ0) is 22.7. The number of aromatic nitrogens is 2. The van der Waals surface area contributed by atoms with Crippen molar-refractivity contribution in [3.05, 3.63) is 70.6 Å². The number of hydrogen-bond donors (Lipinski definition) is 1. The maximum atomic E-state index is 13.3. The Morgan fingerprint density at radius 3 is 2.72 bits per heavy atom. The summed E-state index contributed by atoms with van der Waals surface area (Å²) in [4.78, 5) is 38.1. The first-order valence-electron chi connectivity index (χ1n) is 10.9. The molecule has 6 nitrogen and oxygen atoms in total. The fourth-order valence-electron chi connectivity index (χ4n) is 4.48. The van der Waals surface area contributed by atoms with Crippen molar-refractivity contribution in [3.63, 3.8) is 0 Å². The Bertz CT molecular complexity index is 1130. The molecule has 1 aliphatic rings. The molecule has 2 amide bonds. The van der Waals surface area contributed by atoms with Crippen LogP contribution in [0.4, 0.5) is 0 Å². The second-order valence-electron chi connectivity index (χ2n) is 8.34. The molecule has 0 saturated carbocycles. The number of likely N-dealkylation sites (tertiary alicyclic amines) is 1. The molecule has 2 aromatic heterocycles. The van der Waals surface area contributed by atoms with E-state index >= 15 is 0 Å². The molecule has 0 radical (unpaired) electrons. The van der Waals surface area contributed by atoms with Crippen molar-refractivity contribution in [2.75, 3.05) is 19.6 Å². The zero-order valence-electron chi connectivity index (χ0n) is 18.7. The van der Waals surface area contributed by atoms with E-state index in [0.717, 1.165) is 11.1 Å². The van der Waals surface area contributed by atoms with E-state index in [1.807, 2.05) is 39.0 Å². The van der Waals surface area contributed by atoms with Crippen molar-refractivity contribution in [1.29, 1.82) is 0 Å². The van der Waals surface area contributed by atoms with Gasteiger partial charge in [-0.1, -0.05) is 30.3 Å². The summed E-state index contributed by atoms with van der Waals surface area (Å²) >= 11 is 1.69. The second kappa shape index (κ2) is 9.20. The van der Waals surface area contributed by atoms with Gasteiger partial charge in [-0.15, -0.1) is 11.3 Å². The molecular weight excluding hydrogens is 420 g/mol. The van der Waals surface area contributed by atoms with Gasteiger partial charge < -0.3 is 10.2 Å². The van der Waals surface area contributed by atoms with Crippen molar-refractivity contribution in [2.24, 2.45) is 5.41 Å². The molecule has 32 heavy (non-hydrogen) atoms. The van der Waals surface area contributed by atoms with E-state index in [1.54, 1.807) is 22.4 Å². The van der Waals surface area contributed by atoms with Gasteiger partial charge in [0.1, 0.15) is 5.82 Å². The van der Waals surface area contributed by atoms with Gasteiger partial charge in [0.15, 0.2) is 0 Å². The highest BCUT2D eigenvalue weighted by molar-refractivity contribution is 7.13. The highest BCUT2D eigenvalue weighted by atomic mass is 32.1. The number of carbonyl (C=O) groups is 2. The molecule has 4 rings (SSSR count).